The van der Waals surface area contributed by atoms with Crippen LogP contribution in [0.3, 0.4) is 0 Å². The molecule has 1 N–H and O–H groups in total. The fraction of sp³-hybridized carbons (Fsp3) is 0.833. The number of nitrogens with one attached hydrogen (secondary N) is 1. The number of rotatable bonds is 4. The molecule has 2 heterocycles. The van der Waals surface area contributed by atoms with Gasteiger partial charge in [0.2, 0.25) is 0 Å². The zero-order valence-electron chi connectivity index (χ0n) is 10.4. The summed E-state index contributed by atoms with van der Waals surface area (Å²) >= 11 is 0. The normalized spacial score (nSPS) is 23.8. The highest BCUT2D eigenvalue weighted by Gasteiger charge is 2.33. The van der Waals surface area contributed by atoms with E-state index in [0.29, 0.717) is 12.6 Å². The summed E-state index contributed by atoms with van der Waals surface area (Å²) in [6.07, 6.45) is 7.01. The van der Waals surface area contributed by atoms with E-state index in [-0.39, 0.29) is 5.60 Å². The smallest absolute Gasteiger partial charge is 0.159 e. The van der Waals surface area contributed by atoms with Crippen molar-refractivity contribution in [3.8, 4) is 0 Å². The van der Waals surface area contributed by atoms with Gasteiger partial charge in [-0.3, -0.25) is 0 Å². The Hall–Kier alpha value is -0.940. The molecule has 3 rings (SSSR count). The molecular weight excluding hydrogens is 216 g/mol. The summed E-state index contributed by atoms with van der Waals surface area (Å²) in [5, 5.41) is 11.5. The third-order valence-corrected chi connectivity index (χ3v) is 3.91. The average Bonchev–Trinajstić information content (AvgIpc) is 2.93. The molecule has 1 aromatic rings. The van der Waals surface area contributed by atoms with Crippen LogP contribution in [0.15, 0.2) is 6.33 Å². The van der Waals surface area contributed by atoms with Gasteiger partial charge in [-0.1, -0.05) is 12.8 Å². The van der Waals surface area contributed by atoms with Crippen LogP contribution in [0.4, 0.5) is 0 Å². The quantitative estimate of drug-likeness (QED) is 0.855. The molecule has 0 radical (unpaired) electrons. The molecule has 1 aliphatic carbocycles. The van der Waals surface area contributed by atoms with Gasteiger partial charge in [0.1, 0.15) is 12.9 Å². The first-order valence-electron chi connectivity index (χ1n) is 6.50. The maximum Gasteiger partial charge on any atom is 0.159 e. The van der Waals surface area contributed by atoms with Gasteiger partial charge in [-0.15, -0.1) is 10.2 Å². The van der Waals surface area contributed by atoms with Crippen LogP contribution in [0.5, 0.6) is 0 Å². The van der Waals surface area contributed by atoms with E-state index >= 15 is 0 Å². The minimum Gasteiger partial charge on any atom is -0.365 e. The van der Waals surface area contributed by atoms with E-state index < -0.39 is 0 Å². The van der Waals surface area contributed by atoms with Crippen molar-refractivity contribution in [2.24, 2.45) is 0 Å². The minimum atomic E-state index is -0.00748. The monoisotopic (exact) mass is 236 g/mol. The van der Waals surface area contributed by atoms with Gasteiger partial charge in [-0.25, -0.2) is 0 Å². The summed E-state index contributed by atoms with van der Waals surface area (Å²) in [6, 6.07) is 0.593. The largest absolute Gasteiger partial charge is 0.365 e. The molecule has 94 valence electrons. The Labute approximate surface area is 102 Å². The molecule has 0 bridgehead atoms. The molecule has 1 aromatic heterocycles. The maximum atomic E-state index is 5.92. The average molecular weight is 236 g/mol. The first kappa shape index (κ1) is 11.2. The van der Waals surface area contributed by atoms with Crippen molar-refractivity contribution in [1.82, 2.24) is 20.1 Å². The van der Waals surface area contributed by atoms with Gasteiger partial charge in [-0.05, 0) is 19.8 Å². The van der Waals surface area contributed by atoms with E-state index in [2.05, 4.69) is 27.0 Å². The van der Waals surface area contributed by atoms with E-state index in [1.165, 1.54) is 25.7 Å². The van der Waals surface area contributed by atoms with Gasteiger partial charge in [0.05, 0.1) is 5.60 Å². The number of nitrogens with zero attached hydrogens (tertiary/aromatic N) is 3. The minimum absolute atomic E-state index is 0.00748. The topological polar surface area (TPSA) is 52.0 Å². The molecule has 1 saturated heterocycles. The second-order valence-electron chi connectivity index (χ2n) is 5.43. The summed E-state index contributed by atoms with van der Waals surface area (Å²) in [4.78, 5) is 0. The van der Waals surface area contributed by atoms with Crippen LogP contribution >= 0.6 is 0 Å². The van der Waals surface area contributed by atoms with Gasteiger partial charge in [0.15, 0.2) is 5.82 Å². The predicted molar refractivity (Wildman–Crippen MR) is 63.6 cm³/mol. The molecule has 0 amide bonds. The number of ether oxygens (including phenoxy) is 1. The Morgan fingerprint density at radius 2 is 2.24 bits per heavy atom. The van der Waals surface area contributed by atoms with Crippen molar-refractivity contribution in [1.29, 1.82) is 0 Å². The number of aromatic nitrogens is 3. The fourth-order valence-corrected chi connectivity index (χ4v) is 2.68. The lowest BCUT2D eigenvalue weighted by molar-refractivity contribution is -0.0801. The fourth-order valence-electron chi connectivity index (χ4n) is 2.68. The standard InChI is InChI=1S/C12H20N4O/c1-12(7-13-8-12)17-6-11-15-14-9-16(11)10-4-2-3-5-10/h9-10,13H,2-8H2,1H3. The molecule has 5 heteroatoms. The Balaban J connectivity index is 1.64. The molecule has 2 fully saturated rings. The molecular formula is C12H20N4O. The van der Waals surface area contributed by atoms with Crippen LogP contribution in [0.25, 0.3) is 0 Å². The van der Waals surface area contributed by atoms with E-state index in [4.69, 9.17) is 4.74 Å². The summed E-state index contributed by atoms with van der Waals surface area (Å²) in [6.45, 7) is 4.59. The summed E-state index contributed by atoms with van der Waals surface area (Å²) in [5.74, 6) is 0.977. The third-order valence-electron chi connectivity index (χ3n) is 3.91. The lowest BCUT2D eigenvalue weighted by Gasteiger charge is -2.38. The summed E-state index contributed by atoms with van der Waals surface area (Å²) in [5.41, 5.74) is -0.00748. The molecule has 0 spiro atoms. The molecule has 0 aromatic carbocycles. The van der Waals surface area contributed by atoms with Gasteiger partial charge >= 0.3 is 0 Å². The zero-order valence-corrected chi connectivity index (χ0v) is 10.4. The maximum absolute atomic E-state index is 5.92. The van der Waals surface area contributed by atoms with E-state index in [0.717, 1.165) is 18.9 Å². The summed E-state index contributed by atoms with van der Waals surface area (Å²) < 4.78 is 8.13. The van der Waals surface area contributed by atoms with Gasteiger partial charge < -0.3 is 14.6 Å². The second kappa shape index (κ2) is 4.38. The van der Waals surface area contributed by atoms with Gasteiger partial charge in [-0.2, -0.15) is 0 Å². The number of hydrogen-bond donors (Lipinski definition) is 1. The Bertz CT molecular complexity index is 380. The highest BCUT2D eigenvalue weighted by molar-refractivity contribution is 4.94. The van der Waals surface area contributed by atoms with E-state index in [9.17, 15) is 0 Å². The predicted octanol–water partition coefficient (Wildman–Crippen LogP) is 1.27. The molecule has 0 atom stereocenters. The van der Waals surface area contributed by atoms with Crippen molar-refractivity contribution < 1.29 is 4.74 Å². The van der Waals surface area contributed by atoms with E-state index in [1.54, 1.807) is 0 Å². The van der Waals surface area contributed by atoms with Crippen LogP contribution < -0.4 is 5.32 Å². The first-order valence-corrected chi connectivity index (χ1v) is 6.50. The van der Waals surface area contributed by atoms with Crippen molar-refractivity contribution in [3.63, 3.8) is 0 Å². The Morgan fingerprint density at radius 3 is 2.88 bits per heavy atom. The van der Waals surface area contributed by atoms with Crippen LogP contribution in [0.1, 0.15) is 44.5 Å². The van der Waals surface area contributed by atoms with Crippen LogP contribution in [-0.4, -0.2) is 33.5 Å². The Morgan fingerprint density at radius 1 is 1.47 bits per heavy atom. The van der Waals surface area contributed by atoms with Gasteiger partial charge in [0.25, 0.3) is 0 Å². The molecule has 2 aliphatic rings. The van der Waals surface area contributed by atoms with Crippen molar-refractivity contribution in [2.75, 3.05) is 13.1 Å². The molecule has 1 saturated carbocycles. The summed E-state index contributed by atoms with van der Waals surface area (Å²) in [7, 11) is 0. The lowest BCUT2D eigenvalue weighted by Crippen LogP contribution is -2.58. The zero-order chi connectivity index (χ0) is 11.7. The third kappa shape index (κ3) is 2.21. The van der Waals surface area contributed by atoms with Crippen molar-refractivity contribution in [2.45, 2.75) is 50.9 Å². The Kier molecular flexibility index (Phi) is 2.88. The lowest BCUT2D eigenvalue weighted by atomic mass is 10.0. The molecule has 1 aliphatic heterocycles. The SMILES string of the molecule is CC1(OCc2nncn2C2CCCC2)CNC1. The molecule has 17 heavy (non-hydrogen) atoms. The molecule has 5 nitrogen and oxygen atoms in total. The van der Waals surface area contributed by atoms with E-state index in [1.807, 2.05) is 6.33 Å². The van der Waals surface area contributed by atoms with Gasteiger partial charge in [0, 0.05) is 19.1 Å². The highest BCUT2D eigenvalue weighted by atomic mass is 16.5. The number of hydrogen-bond acceptors (Lipinski definition) is 4. The van der Waals surface area contributed by atoms with Crippen LogP contribution in [0, 0.1) is 0 Å². The van der Waals surface area contributed by atoms with Crippen LogP contribution in [0.2, 0.25) is 0 Å². The van der Waals surface area contributed by atoms with Crippen LogP contribution in [-0.2, 0) is 11.3 Å². The van der Waals surface area contributed by atoms with Crippen molar-refractivity contribution in [3.05, 3.63) is 12.2 Å². The van der Waals surface area contributed by atoms with Crippen molar-refractivity contribution >= 4 is 0 Å². The molecule has 0 unspecified atom stereocenters. The highest BCUT2D eigenvalue weighted by Crippen LogP contribution is 2.30. The second-order valence-corrected chi connectivity index (χ2v) is 5.43. The first-order chi connectivity index (χ1) is 8.27.